The van der Waals surface area contributed by atoms with Gasteiger partial charge in [-0.15, -0.1) is 10.2 Å². The molecule has 0 spiro atoms. The average Bonchev–Trinajstić information content (AvgIpc) is 2.70. The first-order valence-electron chi connectivity index (χ1n) is 6.50. The molecule has 2 atom stereocenters. The summed E-state index contributed by atoms with van der Waals surface area (Å²) in [5, 5.41) is 17.4. The number of nitrogen functional groups attached to an aromatic ring is 1. The van der Waals surface area contributed by atoms with Crippen LogP contribution in [0.5, 0.6) is 0 Å². The molecule has 2 fully saturated rings. The fourth-order valence-electron chi connectivity index (χ4n) is 3.14. The van der Waals surface area contributed by atoms with Crippen LogP contribution in [-0.4, -0.2) is 44.3 Å². The van der Waals surface area contributed by atoms with E-state index < -0.39 is 0 Å². The molecule has 1 amide bonds. The third kappa shape index (κ3) is 2.15. The molecule has 2 unspecified atom stereocenters. The van der Waals surface area contributed by atoms with Gasteiger partial charge in [-0.3, -0.25) is 4.79 Å². The summed E-state index contributed by atoms with van der Waals surface area (Å²) in [5.41, 5.74) is 2.70. The SMILES string of the molecule is NNc1ccc(C(=O)N2C3CCC2CC(O)C3)nn1. The second kappa shape index (κ2) is 4.75. The minimum absolute atomic E-state index is 0.101. The van der Waals surface area contributed by atoms with Gasteiger partial charge in [0.15, 0.2) is 11.5 Å². The molecule has 1 aromatic rings. The molecule has 102 valence electrons. The molecule has 19 heavy (non-hydrogen) atoms. The van der Waals surface area contributed by atoms with Crippen molar-refractivity contribution in [1.29, 1.82) is 0 Å². The van der Waals surface area contributed by atoms with E-state index >= 15 is 0 Å². The Morgan fingerprint density at radius 1 is 1.32 bits per heavy atom. The Bertz CT molecular complexity index is 464. The largest absolute Gasteiger partial charge is 0.393 e. The second-order valence-corrected chi connectivity index (χ2v) is 5.17. The molecule has 3 heterocycles. The number of aromatic nitrogens is 2. The lowest BCUT2D eigenvalue weighted by Crippen LogP contribution is -2.48. The maximum atomic E-state index is 12.5. The number of nitrogens with one attached hydrogen (secondary N) is 1. The van der Waals surface area contributed by atoms with Crippen LogP contribution in [0.25, 0.3) is 0 Å². The van der Waals surface area contributed by atoms with Crippen molar-refractivity contribution in [1.82, 2.24) is 15.1 Å². The molecule has 0 radical (unpaired) electrons. The fraction of sp³-hybridized carbons (Fsp3) is 0.583. The van der Waals surface area contributed by atoms with Gasteiger partial charge in [0.25, 0.3) is 5.91 Å². The first-order valence-corrected chi connectivity index (χ1v) is 6.50. The molecule has 2 aliphatic heterocycles. The van der Waals surface area contributed by atoms with Crippen LogP contribution in [0.4, 0.5) is 5.82 Å². The van der Waals surface area contributed by atoms with E-state index in [4.69, 9.17) is 5.84 Å². The molecule has 2 aliphatic rings. The molecule has 7 nitrogen and oxygen atoms in total. The molecular weight excluding hydrogens is 246 g/mol. The molecule has 7 heteroatoms. The minimum atomic E-state index is -0.281. The fourth-order valence-corrected chi connectivity index (χ4v) is 3.14. The predicted octanol–water partition coefficient (Wildman–Crippen LogP) is -0.110. The van der Waals surface area contributed by atoms with Gasteiger partial charge < -0.3 is 15.4 Å². The maximum Gasteiger partial charge on any atom is 0.274 e. The zero-order valence-corrected chi connectivity index (χ0v) is 10.5. The zero-order chi connectivity index (χ0) is 13.4. The number of hydrogen-bond donors (Lipinski definition) is 3. The number of aliphatic hydroxyl groups excluding tert-OH is 1. The average molecular weight is 263 g/mol. The molecule has 1 aromatic heterocycles. The summed E-state index contributed by atoms with van der Waals surface area (Å²) >= 11 is 0. The summed E-state index contributed by atoms with van der Waals surface area (Å²) in [6.07, 6.45) is 2.97. The van der Waals surface area contributed by atoms with Gasteiger partial charge >= 0.3 is 0 Å². The number of fused-ring (bicyclic) bond motifs is 2. The summed E-state index contributed by atoms with van der Waals surface area (Å²) in [5.74, 6) is 5.54. The van der Waals surface area contributed by atoms with E-state index in [0.717, 1.165) is 12.8 Å². The van der Waals surface area contributed by atoms with E-state index in [1.807, 2.05) is 4.90 Å². The molecule has 4 N–H and O–H groups in total. The number of hydrogen-bond acceptors (Lipinski definition) is 6. The predicted molar refractivity (Wildman–Crippen MR) is 68.1 cm³/mol. The Hall–Kier alpha value is -1.73. The Kier molecular flexibility index (Phi) is 3.08. The van der Waals surface area contributed by atoms with E-state index in [0.29, 0.717) is 24.4 Å². The normalized spacial score (nSPS) is 29.4. The molecule has 0 aliphatic carbocycles. The number of piperidine rings is 1. The third-order valence-corrected chi connectivity index (χ3v) is 3.97. The van der Waals surface area contributed by atoms with Crippen LogP contribution in [0.2, 0.25) is 0 Å². The van der Waals surface area contributed by atoms with E-state index in [9.17, 15) is 9.90 Å². The van der Waals surface area contributed by atoms with E-state index in [1.165, 1.54) is 0 Å². The van der Waals surface area contributed by atoms with Crippen molar-refractivity contribution in [2.24, 2.45) is 5.84 Å². The summed E-state index contributed by atoms with van der Waals surface area (Å²) in [7, 11) is 0. The van der Waals surface area contributed by atoms with Crippen LogP contribution < -0.4 is 11.3 Å². The van der Waals surface area contributed by atoms with Gasteiger partial charge in [-0.25, -0.2) is 5.84 Å². The highest BCUT2D eigenvalue weighted by atomic mass is 16.3. The van der Waals surface area contributed by atoms with Crippen LogP contribution in [0.3, 0.4) is 0 Å². The molecule has 2 saturated heterocycles. The van der Waals surface area contributed by atoms with Crippen molar-refractivity contribution in [3.63, 3.8) is 0 Å². The highest BCUT2D eigenvalue weighted by molar-refractivity contribution is 5.93. The van der Waals surface area contributed by atoms with Gasteiger partial charge in [0.05, 0.1) is 6.10 Å². The van der Waals surface area contributed by atoms with Gasteiger partial charge in [0.1, 0.15) is 0 Å². The summed E-state index contributed by atoms with van der Waals surface area (Å²) in [4.78, 5) is 14.3. The van der Waals surface area contributed by atoms with E-state index in [-0.39, 0.29) is 24.1 Å². The minimum Gasteiger partial charge on any atom is -0.393 e. The van der Waals surface area contributed by atoms with Gasteiger partial charge in [0.2, 0.25) is 0 Å². The summed E-state index contributed by atoms with van der Waals surface area (Å²) in [6.45, 7) is 0. The smallest absolute Gasteiger partial charge is 0.274 e. The Balaban J connectivity index is 1.80. The van der Waals surface area contributed by atoms with Gasteiger partial charge in [0, 0.05) is 12.1 Å². The highest BCUT2D eigenvalue weighted by Crippen LogP contribution is 2.36. The first kappa shape index (κ1) is 12.3. The number of aliphatic hydroxyl groups is 1. The van der Waals surface area contributed by atoms with Crippen molar-refractivity contribution in [2.75, 3.05) is 5.43 Å². The molecule has 3 rings (SSSR count). The molecular formula is C12H17N5O2. The lowest BCUT2D eigenvalue weighted by molar-refractivity contribution is 0.0282. The number of carbonyl (C=O) groups excluding carboxylic acids is 1. The quantitative estimate of drug-likeness (QED) is 0.508. The second-order valence-electron chi connectivity index (χ2n) is 5.17. The van der Waals surface area contributed by atoms with Crippen molar-refractivity contribution in [2.45, 2.75) is 43.9 Å². The van der Waals surface area contributed by atoms with Crippen LogP contribution in [0.1, 0.15) is 36.2 Å². The monoisotopic (exact) mass is 263 g/mol. The Labute approximate surface area is 110 Å². The lowest BCUT2D eigenvalue weighted by Gasteiger charge is -2.36. The summed E-state index contributed by atoms with van der Waals surface area (Å²) < 4.78 is 0. The number of carbonyl (C=O) groups is 1. The van der Waals surface area contributed by atoms with Gasteiger partial charge in [-0.1, -0.05) is 0 Å². The van der Waals surface area contributed by atoms with Gasteiger partial charge in [-0.2, -0.15) is 0 Å². The summed E-state index contributed by atoms with van der Waals surface area (Å²) in [6, 6.07) is 3.52. The number of anilines is 1. The van der Waals surface area contributed by atoms with Crippen molar-refractivity contribution in [3.05, 3.63) is 17.8 Å². The highest BCUT2D eigenvalue weighted by Gasteiger charge is 2.43. The van der Waals surface area contributed by atoms with Crippen molar-refractivity contribution in [3.8, 4) is 0 Å². The first-order chi connectivity index (χ1) is 9.19. The lowest BCUT2D eigenvalue weighted by atomic mass is 9.99. The number of hydrazine groups is 1. The third-order valence-electron chi connectivity index (χ3n) is 3.97. The number of nitrogens with two attached hydrogens (primary N) is 1. The number of amides is 1. The van der Waals surface area contributed by atoms with Crippen molar-refractivity contribution >= 4 is 11.7 Å². The number of rotatable bonds is 2. The van der Waals surface area contributed by atoms with E-state index in [1.54, 1.807) is 12.1 Å². The van der Waals surface area contributed by atoms with Crippen LogP contribution in [0, 0.1) is 0 Å². The van der Waals surface area contributed by atoms with Gasteiger partial charge in [-0.05, 0) is 37.8 Å². The Morgan fingerprint density at radius 2 is 2.00 bits per heavy atom. The van der Waals surface area contributed by atoms with Crippen LogP contribution in [-0.2, 0) is 0 Å². The van der Waals surface area contributed by atoms with Crippen LogP contribution in [0.15, 0.2) is 12.1 Å². The maximum absolute atomic E-state index is 12.5. The molecule has 0 aromatic carbocycles. The Morgan fingerprint density at radius 3 is 2.53 bits per heavy atom. The van der Waals surface area contributed by atoms with E-state index in [2.05, 4.69) is 15.6 Å². The number of nitrogens with zero attached hydrogens (tertiary/aromatic N) is 3. The standard InChI is InChI=1S/C12H17N5O2/c13-14-11-4-3-10(15-16-11)12(19)17-7-1-2-8(17)6-9(18)5-7/h3-4,7-9,18H,1-2,5-6,13H2,(H,14,16). The van der Waals surface area contributed by atoms with Crippen molar-refractivity contribution < 1.29 is 9.90 Å². The molecule has 2 bridgehead atoms. The molecule has 0 saturated carbocycles. The van der Waals surface area contributed by atoms with Crippen LogP contribution >= 0.6 is 0 Å². The zero-order valence-electron chi connectivity index (χ0n) is 10.5. The topological polar surface area (TPSA) is 104 Å².